The molecule has 0 aromatic rings. The Morgan fingerprint density at radius 1 is 1.08 bits per heavy atom. The van der Waals surface area contributed by atoms with Crippen LogP contribution in [-0.2, 0) is 19.1 Å². The third-order valence-electron chi connectivity index (χ3n) is 3.55. The van der Waals surface area contributed by atoms with Crippen molar-refractivity contribution in [2.24, 2.45) is 0 Å². The van der Waals surface area contributed by atoms with Gasteiger partial charge < -0.3 is 23.1 Å². The minimum absolute atomic E-state index is 0.111. The smallest absolute Gasteiger partial charge is 0.321 e. The fourth-order valence-corrected chi connectivity index (χ4v) is 2.69. The van der Waals surface area contributed by atoms with Crippen molar-refractivity contribution < 1.29 is 32.7 Å². The second-order valence-corrected chi connectivity index (χ2v) is 7.98. The maximum atomic E-state index is 12.1. The van der Waals surface area contributed by atoms with Crippen LogP contribution in [0.15, 0.2) is 0 Å². The first-order valence-electron chi connectivity index (χ1n) is 8.41. The van der Waals surface area contributed by atoms with Gasteiger partial charge in [0, 0.05) is 0 Å². The molecule has 144 valence electrons. The SMILES string of the molecule is CCCCC(C)OC(=O)CC(C)(CCCC)OC(=O)CS(O)(O)O. The standard InChI is InChI=1S/C16H32O7S/c1-5-7-9-13(3)22-14(17)11-16(4,10-8-6-2)23-15(18)12-24(19,20)21/h13,19-21H,5-12H2,1-4H3. The molecule has 0 spiro atoms. The lowest BCUT2D eigenvalue weighted by molar-refractivity contribution is -0.165. The van der Waals surface area contributed by atoms with E-state index in [4.69, 9.17) is 23.1 Å². The van der Waals surface area contributed by atoms with Gasteiger partial charge in [0.1, 0.15) is 11.4 Å². The van der Waals surface area contributed by atoms with Crippen molar-refractivity contribution in [3.8, 4) is 0 Å². The van der Waals surface area contributed by atoms with E-state index >= 15 is 0 Å². The van der Waals surface area contributed by atoms with Crippen molar-refractivity contribution in [2.45, 2.75) is 84.3 Å². The quantitative estimate of drug-likeness (QED) is 0.442. The molecule has 3 N–H and O–H groups in total. The molecule has 0 aliphatic carbocycles. The fourth-order valence-electron chi connectivity index (χ4n) is 2.31. The van der Waals surface area contributed by atoms with Crippen molar-refractivity contribution in [3.63, 3.8) is 0 Å². The molecule has 0 saturated carbocycles. The van der Waals surface area contributed by atoms with Gasteiger partial charge in [0.25, 0.3) is 0 Å². The molecule has 0 radical (unpaired) electrons. The van der Waals surface area contributed by atoms with E-state index in [0.29, 0.717) is 6.42 Å². The summed E-state index contributed by atoms with van der Waals surface area (Å²) in [4.78, 5) is 23.9. The zero-order valence-corrected chi connectivity index (χ0v) is 15.9. The summed E-state index contributed by atoms with van der Waals surface area (Å²) in [5.41, 5.74) is -1.10. The maximum absolute atomic E-state index is 12.1. The Hall–Kier alpha value is -0.830. The number of carbonyl (C=O) groups excluding carboxylic acids is 2. The van der Waals surface area contributed by atoms with Crippen LogP contribution in [0.3, 0.4) is 0 Å². The van der Waals surface area contributed by atoms with Crippen LogP contribution in [-0.4, -0.2) is 43.1 Å². The monoisotopic (exact) mass is 368 g/mol. The van der Waals surface area contributed by atoms with Gasteiger partial charge >= 0.3 is 11.9 Å². The minimum atomic E-state index is -3.96. The Bertz CT molecular complexity index is 394. The van der Waals surface area contributed by atoms with E-state index in [2.05, 4.69) is 6.92 Å². The number of hydrogen-bond donors (Lipinski definition) is 3. The van der Waals surface area contributed by atoms with E-state index in [0.717, 1.165) is 32.1 Å². The summed E-state index contributed by atoms with van der Waals surface area (Å²) in [6.45, 7) is 7.46. The Morgan fingerprint density at radius 2 is 1.67 bits per heavy atom. The zero-order chi connectivity index (χ0) is 18.8. The number of hydrogen-bond acceptors (Lipinski definition) is 7. The van der Waals surface area contributed by atoms with Gasteiger partial charge in [-0.2, -0.15) is 0 Å². The van der Waals surface area contributed by atoms with Gasteiger partial charge in [-0.15, -0.1) is 0 Å². The molecule has 0 bridgehead atoms. The van der Waals surface area contributed by atoms with Crippen LogP contribution < -0.4 is 0 Å². The molecular formula is C16H32O7S. The first-order chi connectivity index (χ1) is 11.0. The average molecular weight is 368 g/mol. The largest absolute Gasteiger partial charge is 0.463 e. The Morgan fingerprint density at radius 3 is 2.17 bits per heavy atom. The van der Waals surface area contributed by atoms with Crippen LogP contribution in [0.25, 0.3) is 0 Å². The molecule has 0 saturated heterocycles. The molecule has 0 amide bonds. The lowest BCUT2D eigenvalue weighted by atomic mass is 9.95. The van der Waals surface area contributed by atoms with E-state index in [-0.39, 0.29) is 12.5 Å². The average Bonchev–Trinajstić information content (AvgIpc) is 2.40. The summed E-state index contributed by atoms with van der Waals surface area (Å²) in [7, 11) is -3.96. The van der Waals surface area contributed by atoms with Crippen molar-refractivity contribution in [1.29, 1.82) is 0 Å². The van der Waals surface area contributed by atoms with Crippen LogP contribution in [0, 0.1) is 0 Å². The first-order valence-corrected chi connectivity index (χ1v) is 10.1. The van der Waals surface area contributed by atoms with E-state index in [9.17, 15) is 9.59 Å². The van der Waals surface area contributed by atoms with Gasteiger partial charge in [0.05, 0.1) is 23.4 Å². The molecule has 0 aliphatic rings. The molecule has 2 unspecified atom stereocenters. The predicted molar refractivity (Wildman–Crippen MR) is 94.1 cm³/mol. The summed E-state index contributed by atoms with van der Waals surface area (Å²) in [6, 6.07) is 0. The highest BCUT2D eigenvalue weighted by atomic mass is 32.3. The second-order valence-electron chi connectivity index (χ2n) is 6.42. The van der Waals surface area contributed by atoms with Gasteiger partial charge in [-0.25, -0.2) is 0 Å². The molecule has 0 aromatic carbocycles. The topological polar surface area (TPSA) is 113 Å². The van der Waals surface area contributed by atoms with E-state index in [1.54, 1.807) is 6.92 Å². The fraction of sp³-hybridized carbons (Fsp3) is 0.875. The van der Waals surface area contributed by atoms with Crippen molar-refractivity contribution >= 4 is 22.8 Å². The maximum Gasteiger partial charge on any atom is 0.321 e. The molecular weight excluding hydrogens is 336 g/mol. The van der Waals surface area contributed by atoms with Crippen LogP contribution in [0.4, 0.5) is 0 Å². The number of carbonyl (C=O) groups is 2. The third-order valence-corrected chi connectivity index (χ3v) is 4.17. The lowest BCUT2D eigenvalue weighted by Gasteiger charge is -2.30. The number of unbranched alkanes of at least 4 members (excludes halogenated alkanes) is 2. The molecule has 0 heterocycles. The second kappa shape index (κ2) is 10.9. The Kier molecular flexibility index (Phi) is 10.5. The van der Waals surface area contributed by atoms with Crippen molar-refractivity contribution in [2.75, 3.05) is 5.75 Å². The molecule has 2 atom stereocenters. The predicted octanol–water partition coefficient (Wildman–Crippen LogP) is 4.21. The zero-order valence-electron chi connectivity index (χ0n) is 15.1. The van der Waals surface area contributed by atoms with Gasteiger partial charge in [0.15, 0.2) is 0 Å². The van der Waals surface area contributed by atoms with E-state index < -0.39 is 34.2 Å². The van der Waals surface area contributed by atoms with Crippen molar-refractivity contribution in [3.05, 3.63) is 0 Å². The molecule has 0 rings (SSSR count). The minimum Gasteiger partial charge on any atom is -0.463 e. The number of ether oxygens (including phenoxy) is 2. The molecule has 0 fully saturated rings. The highest BCUT2D eigenvalue weighted by Gasteiger charge is 2.34. The van der Waals surface area contributed by atoms with Gasteiger partial charge in [-0.1, -0.05) is 33.1 Å². The molecule has 0 aromatic heterocycles. The van der Waals surface area contributed by atoms with Gasteiger partial charge in [-0.3, -0.25) is 9.59 Å². The van der Waals surface area contributed by atoms with Crippen LogP contribution >= 0.6 is 10.9 Å². The summed E-state index contributed by atoms with van der Waals surface area (Å²) in [5, 5.41) is 0. The van der Waals surface area contributed by atoms with Gasteiger partial charge in [-0.05, 0) is 33.1 Å². The van der Waals surface area contributed by atoms with Crippen molar-refractivity contribution in [1.82, 2.24) is 0 Å². The molecule has 0 aliphatic heterocycles. The van der Waals surface area contributed by atoms with Gasteiger partial charge in [0.2, 0.25) is 0 Å². The highest BCUT2D eigenvalue weighted by molar-refractivity contribution is 8.19. The lowest BCUT2D eigenvalue weighted by Crippen LogP contribution is -2.37. The summed E-state index contributed by atoms with van der Waals surface area (Å²) in [6.07, 6.45) is 4.47. The third kappa shape index (κ3) is 11.7. The van der Waals surface area contributed by atoms with E-state index in [1.807, 2.05) is 13.8 Å². The van der Waals surface area contributed by atoms with Crippen LogP contribution in [0.1, 0.15) is 72.6 Å². The van der Waals surface area contributed by atoms with Crippen LogP contribution in [0.5, 0.6) is 0 Å². The summed E-state index contributed by atoms with van der Waals surface area (Å²) < 4.78 is 37.4. The Labute approximate surface area is 146 Å². The molecule has 7 nitrogen and oxygen atoms in total. The summed E-state index contributed by atoms with van der Waals surface area (Å²) in [5.74, 6) is -2.32. The van der Waals surface area contributed by atoms with Crippen LogP contribution in [0.2, 0.25) is 0 Å². The molecule has 24 heavy (non-hydrogen) atoms. The molecule has 8 heteroatoms. The Balaban J connectivity index is 4.72. The highest BCUT2D eigenvalue weighted by Crippen LogP contribution is 2.33. The normalized spacial score (nSPS) is 16.1. The summed E-state index contributed by atoms with van der Waals surface area (Å²) >= 11 is 0. The first kappa shape index (κ1) is 23.2. The number of rotatable bonds is 12. The van der Waals surface area contributed by atoms with E-state index in [1.165, 1.54) is 0 Å². The number of esters is 2.